The zero-order valence-corrected chi connectivity index (χ0v) is 16.6. The van der Waals surface area contributed by atoms with Crippen molar-refractivity contribution in [3.8, 4) is 17.2 Å². The summed E-state index contributed by atoms with van der Waals surface area (Å²) < 4.78 is 66.5. The second kappa shape index (κ2) is 7.44. The Kier molecular flexibility index (Phi) is 4.69. The molecule has 0 bridgehead atoms. The number of anilines is 1. The molecule has 0 saturated heterocycles. The largest absolute Gasteiger partial charge is 0.486 e. The van der Waals surface area contributed by atoms with Crippen LogP contribution in [-0.4, -0.2) is 39.1 Å². The van der Waals surface area contributed by atoms with Gasteiger partial charge in [0.1, 0.15) is 19.0 Å². The second-order valence-corrected chi connectivity index (χ2v) is 7.64. The summed E-state index contributed by atoms with van der Waals surface area (Å²) in [5, 5.41) is 9.27. The first-order valence-corrected chi connectivity index (χ1v) is 9.91. The standard InChI is InChI=1S/C19H11F4N5O3S/c20-9-1-3-10(4-2-9)28-16(19(21,22)23)15(26-27-28)17(29)25-18-24-11-7-12-13(8-14(11)32-18)31-6-5-30-12/h1-4,7-8H,5-6H2,(H,24,25,29). The second-order valence-electron chi connectivity index (χ2n) is 6.61. The van der Waals surface area contributed by atoms with Crippen LogP contribution in [0.5, 0.6) is 11.5 Å². The first-order chi connectivity index (χ1) is 15.3. The van der Waals surface area contributed by atoms with Crippen LogP contribution in [0.25, 0.3) is 15.9 Å². The fraction of sp³-hybridized carbons (Fsp3) is 0.158. The molecule has 0 atom stereocenters. The lowest BCUT2D eigenvalue weighted by atomic mass is 10.2. The number of ether oxygens (including phenoxy) is 2. The first-order valence-electron chi connectivity index (χ1n) is 9.10. The molecule has 1 amide bonds. The first kappa shape index (κ1) is 20.2. The van der Waals surface area contributed by atoms with Crippen molar-refractivity contribution in [2.75, 3.05) is 18.5 Å². The number of amides is 1. The lowest BCUT2D eigenvalue weighted by molar-refractivity contribution is -0.143. The van der Waals surface area contributed by atoms with Crippen molar-refractivity contribution in [3.63, 3.8) is 0 Å². The number of carbonyl (C=O) groups is 1. The molecular formula is C19H11F4N5O3S. The Morgan fingerprint density at radius 1 is 1.09 bits per heavy atom. The summed E-state index contributed by atoms with van der Waals surface area (Å²) in [6.45, 7) is 0.779. The van der Waals surface area contributed by atoms with Gasteiger partial charge >= 0.3 is 6.18 Å². The maximum Gasteiger partial charge on any atom is 0.435 e. The summed E-state index contributed by atoms with van der Waals surface area (Å²) >= 11 is 1.05. The number of nitrogens with zero attached hydrogens (tertiary/aromatic N) is 4. The van der Waals surface area contributed by atoms with Crippen LogP contribution in [0.3, 0.4) is 0 Å². The van der Waals surface area contributed by atoms with E-state index >= 15 is 0 Å². The maximum absolute atomic E-state index is 13.8. The van der Waals surface area contributed by atoms with E-state index in [-0.39, 0.29) is 10.8 Å². The highest BCUT2D eigenvalue weighted by Gasteiger charge is 2.42. The van der Waals surface area contributed by atoms with Crippen LogP contribution in [0.15, 0.2) is 36.4 Å². The molecule has 0 fully saturated rings. The summed E-state index contributed by atoms with van der Waals surface area (Å²) in [6, 6.07) is 7.46. The highest BCUT2D eigenvalue weighted by Crippen LogP contribution is 2.38. The monoisotopic (exact) mass is 465 g/mol. The third-order valence-electron chi connectivity index (χ3n) is 4.50. The van der Waals surface area contributed by atoms with E-state index in [1.54, 1.807) is 12.1 Å². The predicted octanol–water partition coefficient (Wildman–Crippen LogP) is 4.06. The summed E-state index contributed by atoms with van der Waals surface area (Å²) in [6.07, 6.45) is -4.95. The quantitative estimate of drug-likeness (QED) is 0.459. The number of alkyl halides is 3. The Bertz CT molecular complexity index is 1290. The van der Waals surface area contributed by atoms with E-state index in [4.69, 9.17) is 9.47 Å². The molecule has 0 unspecified atom stereocenters. The third-order valence-corrected chi connectivity index (χ3v) is 5.43. The number of rotatable bonds is 3. The Hall–Kier alpha value is -3.74. The Labute approximate surface area is 180 Å². The van der Waals surface area contributed by atoms with Crippen molar-refractivity contribution >= 4 is 32.6 Å². The van der Waals surface area contributed by atoms with Crippen LogP contribution in [0.2, 0.25) is 0 Å². The molecule has 2 aromatic heterocycles. The van der Waals surface area contributed by atoms with Crippen molar-refractivity contribution in [3.05, 3.63) is 53.6 Å². The molecule has 1 aliphatic heterocycles. The molecular weight excluding hydrogens is 454 g/mol. The molecule has 8 nitrogen and oxygen atoms in total. The molecule has 1 N–H and O–H groups in total. The smallest absolute Gasteiger partial charge is 0.435 e. The number of halogens is 4. The number of thiazole rings is 1. The van der Waals surface area contributed by atoms with E-state index in [0.29, 0.717) is 39.6 Å². The molecule has 32 heavy (non-hydrogen) atoms. The van der Waals surface area contributed by atoms with Crippen LogP contribution in [0.4, 0.5) is 22.7 Å². The highest BCUT2D eigenvalue weighted by molar-refractivity contribution is 7.22. The number of benzene rings is 2. The topological polar surface area (TPSA) is 91.2 Å². The number of carbonyl (C=O) groups excluding carboxylic acids is 1. The summed E-state index contributed by atoms with van der Waals surface area (Å²) in [5.41, 5.74) is -1.94. The van der Waals surface area contributed by atoms with E-state index in [1.165, 1.54) is 0 Å². The summed E-state index contributed by atoms with van der Waals surface area (Å²) in [4.78, 5) is 16.9. The van der Waals surface area contributed by atoms with E-state index in [1.807, 2.05) is 0 Å². The van der Waals surface area contributed by atoms with E-state index in [2.05, 4.69) is 20.6 Å². The summed E-state index contributed by atoms with van der Waals surface area (Å²) in [5.74, 6) is -0.754. The lowest BCUT2D eigenvalue weighted by Crippen LogP contribution is -2.21. The normalized spacial score (nSPS) is 13.4. The van der Waals surface area contributed by atoms with Crippen LogP contribution in [0, 0.1) is 5.82 Å². The Morgan fingerprint density at radius 2 is 1.78 bits per heavy atom. The number of hydrogen-bond acceptors (Lipinski definition) is 7. The molecule has 0 radical (unpaired) electrons. The molecule has 2 aromatic carbocycles. The van der Waals surface area contributed by atoms with E-state index in [0.717, 1.165) is 35.6 Å². The van der Waals surface area contributed by atoms with Gasteiger partial charge in [-0.15, -0.1) is 5.10 Å². The predicted molar refractivity (Wildman–Crippen MR) is 105 cm³/mol. The zero-order valence-electron chi connectivity index (χ0n) is 15.8. The number of nitrogens with one attached hydrogen (secondary N) is 1. The molecule has 4 aromatic rings. The summed E-state index contributed by atoms with van der Waals surface area (Å²) in [7, 11) is 0. The van der Waals surface area contributed by atoms with Crippen molar-refractivity contribution in [2.24, 2.45) is 0 Å². The molecule has 1 aliphatic rings. The molecule has 0 spiro atoms. The van der Waals surface area contributed by atoms with Gasteiger partial charge in [-0.3, -0.25) is 10.1 Å². The maximum atomic E-state index is 13.8. The average Bonchev–Trinajstić information content (AvgIpc) is 3.36. The van der Waals surface area contributed by atoms with Gasteiger partial charge in [0.05, 0.1) is 15.9 Å². The molecule has 164 valence electrons. The number of aromatic nitrogens is 4. The van der Waals surface area contributed by atoms with Crippen molar-refractivity contribution < 1.29 is 31.8 Å². The SMILES string of the molecule is O=C(Nc1nc2cc3c(cc2s1)OCCO3)c1nnn(-c2ccc(F)cc2)c1C(F)(F)F. The molecule has 13 heteroatoms. The van der Waals surface area contributed by atoms with E-state index in [9.17, 15) is 22.4 Å². The fourth-order valence-corrected chi connectivity index (χ4v) is 4.00. The van der Waals surface area contributed by atoms with Gasteiger partial charge in [-0.05, 0) is 24.3 Å². The van der Waals surface area contributed by atoms with Gasteiger partial charge in [-0.1, -0.05) is 16.6 Å². The molecule has 0 aliphatic carbocycles. The van der Waals surface area contributed by atoms with Crippen molar-refractivity contribution in [1.82, 2.24) is 20.0 Å². The van der Waals surface area contributed by atoms with Gasteiger partial charge in [-0.2, -0.15) is 13.2 Å². The Morgan fingerprint density at radius 3 is 2.47 bits per heavy atom. The van der Waals surface area contributed by atoms with Gasteiger partial charge in [0.25, 0.3) is 5.91 Å². The number of hydrogen-bond donors (Lipinski definition) is 1. The van der Waals surface area contributed by atoms with Gasteiger partial charge < -0.3 is 9.47 Å². The van der Waals surface area contributed by atoms with Gasteiger partial charge in [0, 0.05) is 12.1 Å². The third kappa shape index (κ3) is 3.60. The van der Waals surface area contributed by atoms with Gasteiger partial charge in [0.2, 0.25) is 0 Å². The van der Waals surface area contributed by atoms with Crippen LogP contribution < -0.4 is 14.8 Å². The minimum Gasteiger partial charge on any atom is -0.486 e. The fourth-order valence-electron chi connectivity index (χ4n) is 3.13. The van der Waals surface area contributed by atoms with Gasteiger partial charge in [-0.25, -0.2) is 14.1 Å². The van der Waals surface area contributed by atoms with Crippen molar-refractivity contribution in [2.45, 2.75) is 6.18 Å². The van der Waals surface area contributed by atoms with Crippen LogP contribution >= 0.6 is 11.3 Å². The van der Waals surface area contributed by atoms with Crippen LogP contribution in [0.1, 0.15) is 16.2 Å². The lowest BCUT2D eigenvalue weighted by Gasteiger charge is -2.17. The minimum atomic E-state index is -4.95. The molecule has 5 rings (SSSR count). The minimum absolute atomic E-state index is 0.0665. The zero-order chi connectivity index (χ0) is 22.5. The highest BCUT2D eigenvalue weighted by atomic mass is 32.1. The van der Waals surface area contributed by atoms with Gasteiger partial charge in [0.15, 0.2) is 28.0 Å². The van der Waals surface area contributed by atoms with Crippen LogP contribution in [-0.2, 0) is 6.18 Å². The molecule has 0 saturated carbocycles. The molecule has 3 heterocycles. The average molecular weight is 465 g/mol. The van der Waals surface area contributed by atoms with Crippen molar-refractivity contribution in [1.29, 1.82) is 0 Å². The Balaban J connectivity index is 1.48. The van der Waals surface area contributed by atoms with E-state index < -0.39 is 29.3 Å². The number of fused-ring (bicyclic) bond motifs is 2.